The largest absolute Gasteiger partial charge is 0.493 e. The van der Waals surface area contributed by atoms with Gasteiger partial charge < -0.3 is 5.11 Å². The van der Waals surface area contributed by atoms with Crippen molar-refractivity contribution < 1.29 is 5.11 Å². The molecule has 0 aliphatic heterocycles. The molecule has 1 aromatic heterocycles. The van der Waals surface area contributed by atoms with E-state index in [1.165, 1.54) is 10.6 Å². The van der Waals surface area contributed by atoms with Crippen LogP contribution >= 0.6 is 23.2 Å². The second kappa shape index (κ2) is 8.12. The Morgan fingerprint density at radius 2 is 1.89 bits per heavy atom. The van der Waals surface area contributed by atoms with Crippen LogP contribution in [-0.2, 0) is 0 Å². The molecule has 0 spiro atoms. The van der Waals surface area contributed by atoms with Gasteiger partial charge >= 0.3 is 0 Å². The molecule has 1 aromatic carbocycles. The van der Waals surface area contributed by atoms with E-state index in [1.807, 2.05) is 6.07 Å². The van der Waals surface area contributed by atoms with E-state index in [9.17, 15) is 15.2 Å². The first-order chi connectivity index (χ1) is 12.9. The number of rotatable bonds is 3. The molecule has 0 bridgehead atoms. The maximum atomic E-state index is 13.0. The summed E-state index contributed by atoms with van der Waals surface area (Å²) in [5, 5.41) is 28.8. The molecule has 140 valence electrons. The van der Waals surface area contributed by atoms with Gasteiger partial charge in [0.25, 0.3) is 5.56 Å². The summed E-state index contributed by atoms with van der Waals surface area (Å²) in [6.07, 6.45) is 4.63. The molecule has 1 heterocycles. The van der Waals surface area contributed by atoms with Crippen molar-refractivity contribution in [2.75, 3.05) is 0 Å². The molecule has 0 atom stereocenters. The molecule has 2 aromatic rings. The highest BCUT2D eigenvalue weighted by molar-refractivity contribution is 6.42. The van der Waals surface area contributed by atoms with Gasteiger partial charge in [0.2, 0.25) is 5.88 Å². The lowest BCUT2D eigenvalue weighted by molar-refractivity contribution is 0.303. The van der Waals surface area contributed by atoms with Crippen LogP contribution < -0.4 is 5.56 Å². The van der Waals surface area contributed by atoms with Gasteiger partial charge in [-0.25, -0.2) is 0 Å². The van der Waals surface area contributed by atoms with E-state index in [-0.39, 0.29) is 23.2 Å². The lowest BCUT2D eigenvalue weighted by atomic mass is 9.94. The molecular formula is C19H18Cl2N4O2. The van der Waals surface area contributed by atoms with E-state index < -0.39 is 5.56 Å². The first-order valence-electron chi connectivity index (χ1n) is 8.69. The number of nitriles is 1. The van der Waals surface area contributed by atoms with E-state index in [0.717, 1.165) is 32.1 Å². The maximum absolute atomic E-state index is 13.0. The fraction of sp³-hybridized carbons (Fsp3) is 0.368. The van der Waals surface area contributed by atoms with Gasteiger partial charge in [0.05, 0.1) is 15.7 Å². The molecule has 1 aliphatic rings. The average molecular weight is 405 g/mol. The highest BCUT2D eigenvalue weighted by Crippen LogP contribution is 2.34. The van der Waals surface area contributed by atoms with Gasteiger partial charge in [-0.15, -0.1) is 5.11 Å². The first-order valence-corrected chi connectivity index (χ1v) is 9.44. The summed E-state index contributed by atoms with van der Waals surface area (Å²) in [7, 11) is 0. The van der Waals surface area contributed by atoms with Crippen molar-refractivity contribution in [2.24, 2.45) is 10.2 Å². The zero-order valence-electron chi connectivity index (χ0n) is 14.7. The summed E-state index contributed by atoms with van der Waals surface area (Å²) < 4.78 is 1.30. The standard InChI is InChI=1S/C19H18Cl2N4O2/c1-11-14(10-22)18(26)25(13-5-3-2-4-6-13)19(27)17(11)24-23-12-7-8-15(20)16(21)9-12/h7-9,13,26H,2-6H2,1H3. The molecule has 1 fully saturated rings. The Labute approximate surface area is 166 Å². The van der Waals surface area contributed by atoms with Gasteiger partial charge in [0.15, 0.2) is 5.69 Å². The van der Waals surface area contributed by atoms with Crippen LogP contribution in [0.15, 0.2) is 33.2 Å². The third kappa shape index (κ3) is 3.85. The van der Waals surface area contributed by atoms with E-state index >= 15 is 0 Å². The maximum Gasteiger partial charge on any atom is 0.281 e. The van der Waals surface area contributed by atoms with Crippen LogP contribution in [0.25, 0.3) is 0 Å². The summed E-state index contributed by atoms with van der Waals surface area (Å²) in [5.41, 5.74) is 0.374. The van der Waals surface area contributed by atoms with E-state index in [4.69, 9.17) is 23.2 Å². The van der Waals surface area contributed by atoms with Crippen LogP contribution in [0.5, 0.6) is 5.88 Å². The van der Waals surface area contributed by atoms with Gasteiger partial charge in [-0.3, -0.25) is 9.36 Å². The lowest BCUT2D eigenvalue weighted by Gasteiger charge is -2.25. The summed E-state index contributed by atoms with van der Waals surface area (Å²) >= 11 is 11.9. The number of azo groups is 1. The topological polar surface area (TPSA) is 90.7 Å². The van der Waals surface area contributed by atoms with Crippen LogP contribution in [0.1, 0.15) is 49.3 Å². The number of aromatic hydroxyl groups is 1. The molecule has 0 radical (unpaired) electrons. The van der Waals surface area contributed by atoms with Crippen LogP contribution in [0.4, 0.5) is 11.4 Å². The number of aromatic nitrogens is 1. The third-order valence-electron chi connectivity index (χ3n) is 4.82. The van der Waals surface area contributed by atoms with Crippen LogP contribution in [-0.4, -0.2) is 9.67 Å². The minimum Gasteiger partial charge on any atom is -0.493 e. The van der Waals surface area contributed by atoms with Crippen molar-refractivity contribution >= 4 is 34.6 Å². The SMILES string of the molecule is Cc1c(C#N)c(O)n(C2CCCCC2)c(=O)c1N=Nc1ccc(Cl)c(Cl)c1. The highest BCUT2D eigenvalue weighted by Gasteiger charge is 2.25. The number of nitrogens with zero attached hydrogens (tertiary/aromatic N) is 4. The molecule has 0 saturated heterocycles. The summed E-state index contributed by atoms with van der Waals surface area (Å²) in [6.45, 7) is 1.58. The van der Waals surface area contributed by atoms with Gasteiger partial charge in [-0.2, -0.15) is 10.4 Å². The fourth-order valence-corrected chi connectivity index (χ4v) is 3.65. The smallest absolute Gasteiger partial charge is 0.281 e. The second-order valence-electron chi connectivity index (χ2n) is 6.55. The van der Waals surface area contributed by atoms with Crippen molar-refractivity contribution in [3.05, 3.63) is 49.7 Å². The Bertz CT molecular complexity index is 1000. The quantitative estimate of drug-likeness (QED) is 0.639. The number of pyridine rings is 1. The molecule has 6 nitrogen and oxygen atoms in total. The Morgan fingerprint density at radius 1 is 1.19 bits per heavy atom. The normalized spacial score (nSPS) is 15.2. The zero-order valence-corrected chi connectivity index (χ0v) is 16.3. The van der Waals surface area contributed by atoms with Crippen molar-refractivity contribution in [1.29, 1.82) is 5.26 Å². The lowest BCUT2D eigenvalue weighted by Crippen LogP contribution is -2.27. The average Bonchev–Trinajstić information content (AvgIpc) is 2.65. The fourth-order valence-electron chi connectivity index (χ4n) is 3.36. The minimum absolute atomic E-state index is 0.0426. The van der Waals surface area contributed by atoms with Crippen LogP contribution in [0.3, 0.4) is 0 Å². The Balaban J connectivity index is 2.11. The van der Waals surface area contributed by atoms with Crippen LogP contribution in [0.2, 0.25) is 10.0 Å². The summed E-state index contributed by atoms with van der Waals surface area (Å²) in [6, 6.07) is 6.58. The molecule has 3 rings (SSSR count). The molecule has 8 heteroatoms. The van der Waals surface area contributed by atoms with Gasteiger partial charge in [-0.1, -0.05) is 42.5 Å². The Morgan fingerprint density at radius 3 is 2.52 bits per heavy atom. The van der Waals surface area contributed by atoms with E-state index in [1.54, 1.807) is 19.1 Å². The molecule has 0 amide bonds. The number of hydrogen-bond donors (Lipinski definition) is 1. The first kappa shape index (κ1) is 19.4. The minimum atomic E-state index is -0.445. The number of benzene rings is 1. The predicted molar refractivity (Wildman–Crippen MR) is 105 cm³/mol. The van der Waals surface area contributed by atoms with E-state index in [2.05, 4.69) is 10.2 Å². The number of halogens is 2. The van der Waals surface area contributed by atoms with Gasteiger partial charge in [0.1, 0.15) is 11.6 Å². The monoisotopic (exact) mass is 404 g/mol. The summed E-state index contributed by atoms with van der Waals surface area (Å²) in [5.74, 6) is -0.291. The van der Waals surface area contributed by atoms with Crippen molar-refractivity contribution in [3.8, 4) is 11.9 Å². The zero-order chi connectivity index (χ0) is 19.6. The second-order valence-corrected chi connectivity index (χ2v) is 7.36. The molecule has 0 unspecified atom stereocenters. The molecule has 1 saturated carbocycles. The Kier molecular flexibility index (Phi) is 5.83. The summed E-state index contributed by atoms with van der Waals surface area (Å²) in [4.78, 5) is 13.0. The van der Waals surface area contributed by atoms with Gasteiger partial charge in [0, 0.05) is 11.6 Å². The molecule has 1 N–H and O–H groups in total. The van der Waals surface area contributed by atoms with Crippen LogP contribution in [0, 0.1) is 18.3 Å². The molecular weight excluding hydrogens is 387 g/mol. The van der Waals surface area contributed by atoms with Crippen molar-refractivity contribution in [1.82, 2.24) is 4.57 Å². The third-order valence-corrected chi connectivity index (χ3v) is 5.56. The van der Waals surface area contributed by atoms with E-state index in [0.29, 0.717) is 21.3 Å². The van der Waals surface area contributed by atoms with Crippen molar-refractivity contribution in [3.63, 3.8) is 0 Å². The predicted octanol–water partition coefficient (Wildman–Crippen LogP) is 5.96. The number of hydrogen-bond acceptors (Lipinski definition) is 5. The highest BCUT2D eigenvalue weighted by atomic mass is 35.5. The molecule has 1 aliphatic carbocycles. The molecule has 27 heavy (non-hydrogen) atoms. The van der Waals surface area contributed by atoms with Crippen molar-refractivity contribution in [2.45, 2.75) is 45.1 Å². The Hall–Kier alpha value is -2.36. The van der Waals surface area contributed by atoms with Gasteiger partial charge in [-0.05, 0) is 38.0 Å².